The van der Waals surface area contributed by atoms with Crippen molar-refractivity contribution in [1.29, 1.82) is 0 Å². The van der Waals surface area contributed by atoms with Crippen molar-refractivity contribution in [2.75, 3.05) is 11.9 Å². The molecular weight excluding hydrogens is 283 g/mol. The van der Waals surface area contributed by atoms with Crippen molar-refractivity contribution in [3.63, 3.8) is 0 Å². The summed E-state index contributed by atoms with van der Waals surface area (Å²) in [7, 11) is 0. The minimum absolute atomic E-state index is 0.0566. The van der Waals surface area contributed by atoms with Crippen LogP contribution in [-0.2, 0) is 9.59 Å². The molecule has 6 heteroatoms. The molecule has 1 aliphatic rings. The molecule has 1 aromatic rings. The lowest BCUT2D eigenvalue weighted by atomic mass is 10.2. The molecule has 0 heterocycles. The van der Waals surface area contributed by atoms with Crippen molar-refractivity contribution in [2.45, 2.75) is 6.42 Å². The zero-order valence-electron chi connectivity index (χ0n) is 10.7. The van der Waals surface area contributed by atoms with Gasteiger partial charge in [0.15, 0.2) is 0 Å². The molecule has 1 aliphatic carbocycles. The Labute approximate surface area is 121 Å². The number of halogens is 2. The van der Waals surface area contributed by atoms with E-state index in [-0.39, 0.29) is 28.7 Å². The standard InChI is InChI=1S/C14H14ClFN2O2/c1-2-5-17-13(19)9-7-10(9)14(20)18-8-3-4-12(16)11(15)6-8/h2-4,6,9-10H,1,5,7H2,(H,17,19)(H,18,20). The molecule has 1 fully saturated rings. The highest BCUT2D eigenvalue weighted by atomic mass is 35.5. The molecule has 2 unspecified atom stereocenters. The fourth-order valence-electron chi connectivity index (χ4n) is 1.89. The van der Waals surface area contributed by atoms with Crippen LogP contribution in [0.5, 0.6) is 0 Å². The number of amides is 2. The van der Waals surface area contributed by atoms with Crippen molar-refractivity contribution in [2.24, 2.45) is 11.8 Å². The summed E-state index contributed by atoms with van der Waals surface area (Å²) >= 11 is 5.63. The molecule has 0 bridgehead atoms. The minimum atomic E-state index is -0.544. The summed E-state index contributed by atoms with van der Waals surface area (Å²) in [5.41, 5.74) is 0.415. The molecule has 4 nitrogen and oxygen atoms in total. The Morgan fingerprint density at radius 1 is 1.40 bits per heavy atom. The predicted octanol–water partition coefficient (Wildman–Crippen LogP) is 2.36. The molecule has 0 saturated heterocycles. The van der Waals surface area contributed by atoms with Crippen molar-refractivity contribution < 1.29 is 14.0 Å². The van der Waals surface area contributed by atoms with E-state index >= 15 is 0 Å². The maximum atomic E-state index is 13.0. The maximum Gasteiger partial charge on any atom is 0.228 e. The summed E-state index contributed by atoms with van der Waals surface area (Å²) in [6.07, 6.45) is 2.10. The zero-order chi connectivity index (χ0) is 14.7. The van der Waals surface area contributed by atoms with Crippen LogP contribution in [0.4, 0.5) is 10.1 Å². The van der Waals surface area contributed by atoms with Gasteiger partial charge in [0.05, 0.1) is 16.9 Å². The van der Waals surface area contributed by atoms with Crippen LogP contribution >= 0.6 is 11.6 Å². The summed E-state index contributed by atoms with van der Waals surface area (Å²) in [6, 6.07) is 3.94. The lowest BCUT2D eigenvalue weighted by Gasteiger charge is -2.06. The van der Waals surface area contributed by atoms with E-state index < -0.39 is 5.82 Å². The number of carbonyl (C=O) groups is 2. The zero-order valence-corrected chi connectivity index (χ0v) is 11.4. The van der Waals surface area contributed by atoms with Crippen molar-refractivity contribution in [3.05, 3.63) is 41.7 Å². The molecule has 2 N–H and O–H groups in total. The van der Waals surface area contributed by atoms with Crippen LogP contribution < -0.4 is 10.6 Å². The third-order valence-corrected chi connectivity index (χ3v) is 3.36. The van der Waals surface area contributed by atoms with Crippen LogP contribution in [-0.4, -0.2) is 18.4 Å². The third-order valence-electron chi connectivity index (χ3n) is 3.07. The average Bonchev–Trinajstić information content (AvgIpc) is 3.20. The van der Waals surface area contributed by atoms with E-state index in [1.807, 2.05) is 0 Å². The first-order valence-electron chi connectivity index (χ1n) is 6.17. The van der Waals surface area contributed by atoms with Crippen LogP contribution in [0.25, 0.3) is 0 Å². The van der Waals surface area contributed by atoms with Gasteiger partial charge < -0.3 is 10.6 Å². The SMILES string of the molecule is C=CCNC(=O)C1CC1C(=O)Nc1ccc(F)c(Cl)c1. The Kier molecular flexibility index (Phi) is 4.39. The summed E-state index contributed by atoms with van der Waals surface area (Å²) < 4.78 is 13.0. The number of rotatable bonds is 5. The Hall–Kier alpha value is -1.88. The van der Waals surface area contributed by atoms with E-state index in [4.69, 9.17) is 11.6 Å². The molecular formula is C14H14ClFN2O2. The van der Waals surface area contributed by atoms with E-state index in [9.17, 15) is 14.0 Å². The van der Waals surface area contributed by atoms with E-state index in [0.717, 1.165) is 0 Å². The highest BCUT2D eigenvalue weighted by Crippen LogP contribution is 2.39. The topological polar surface area (TPSA) is 58.2 Å². The number of hydrogen-bond acceptors (Lipinski definition) is 2. The largest absolute Gasteiger partial charge is 0.352 e. The molecule has 0 radical (unpaired) electrons. The smallest absolute Gasteiger partial charge is 0.228 e. The van der Waals surface area contributed by atoms with Gasteiger partial charge in [0.1, 0.15) is 5.82 Å². The van der Waals surface area contributed by atoms with Gasteiger partial charge in [-0.1, -0.05) is 17.7 Å². The number of benzene rings is 1. The molecule has 20 heavy (non-hydrogen) atoms. The van der Waals surface area contributed by atoms with Crippen molar-refractivity contribution >= 4 is 29.1 Å². The fraction of sp³-hybridized carbons (Fsp3) is 0.286. The number of hydrogen-bond donors (Lipinski definition) is 2. The lowest BCUT2D eigenvalue weighted by Crippen LogP contribution is -2.27. The molecule has 1 saturated carbocycles. The fourth-order valence-corrected chi connectivity index (χ4v) is 2.07. The van der Waals surface area contributed by atoms with Gasteiger partial charge >= 0.3 is 0 Å². The number of anilines is 1. The molecule has 0 aliphatic heterocycles. The van der Waals surface area contributed by atoms with Crippen LogP contribution in [0.15, 0.2) is 30.9 Å². The Morgan fingerprint density at radius 2 is 2.10 bits per heavy atom. The van der Waals surface area contributed by atoms with E-state index in [2.05, 4.69) is 17.2 Å². The van der Waals surface area contributed by atoms with Crippen LogP contribution in [0, 0.1) is 17.7 Å². The normalized spacial score (nSPS) is 20.1. The Morgan fingerprint density at radius 3 is 2.75 bits per heavy atom. The molecule has 2 rings (SSSR count). The first-order chi connectivity index (χ1) is 9.52. The van der Waals surface area contributed by atoms with Gasteiger partial charge in [-0.2, -0.15) is 0 Å². The first-order valence-corrected chi connectivity index (χ1v) is 6.55. The van der Waals surface area contributed by atoms with E-state index in [0.29, 0.717) is 18.7 Å². The van der Waals surface area contributed by atoms with Gasteiger partial charge in [0.25, 0.3) is 0 Å². The summed E-state index contributed by atoms with van der Waals surface area (Å²) in [5, 5.41) is 5.22. The molecule has 2 amide bonds. The van der Waals surface area contributed by atoms with Crippen molar-refractivity contribution in [1.82, 2.24) is 5.32 Å². The van der Waals surface area contributed by atoms with Crippen LogP contribution in [0.1, 0.15) is 6.42 Å². The predicted molar refractivity (Wildman–Crippen MR) is 74.8 cm³/mol. The first kappa shape index (κ1) is 14.5. The molecule has 0 aromatic heterocycles. The second kappa shape index (κ2) is 6.05. The van der Waals surface area contributed by atoms with Gasteiger partial charge in [-0.05, 0) is 24.6 Å². The molecule has 0 spiro atoms. The second-order valence-corrected chi connectivity index (χ2v) is 5.01. The number of carbonyl (C=O) groups excluding carboxylic acids is 2. The van der Waals surface area contributed by atoms with E-state index in [1.165, 1.54) is 18.2 Å². The Balaban J connectivity index is 1.89. The molecule has 1 aromatic carbocycles. The van der Waals surface area contributed by atoms with E-state index in [1.54, 1.807) is 6.08 Å². The van der Waals surface area contributed by atoms with Gasteiger partial charge in [-0.15, -0.1) is 6.58 Å². The van der Waals surface area contributed by atoms with Gasteiger partial charge in [0.2, 0.25) is 11.8 Å². The average molecular weight is 297 g/mol. The number of nitrogens with one attached hydrogen (secondary N) is 2. The maximum absolute atomic E-state index is 13.0. The molecule has 2 atom stereocenters. The third kappa shape index (κ3) is 3.36. The lowest BCUT2D eigenvalue weighted by molar-refractivity contribution is -0.125. The van der Waals surface area contributed by atoms with Gasteiger partial charge in [-0.25, -0.2) is 4.39 Å². The van der Waals surface area contributed by atoms with Gasteiger partial charge in [0, 0.05) is 12.2 Å². The monoisotopic (exact) mass is 296 g/mol. The summed E-state index contributed by atoms with van der Waals surface area (Å²) in [5.74, 6) is -1.60. The van der Waals surface area contributed by atoms with Crippen LogP contribution in [0.3, 0.4) is 0 Å². The molecule has 106 valence electrons. The quantitative estimate of drug-likeness (QED) is 0.820. The second-order valence-electron chi connectivity index (χ2n) is 4.60. The van der Waals surface area contributed by atoms with Gasteiger partial charge in [-0.3, -0.25) is 9.59 Å². The summed E-state index contributed by atoms with van der Waals surface area (Å²) in [4.78, 5) is 23.5. The summed E-state index contributed by atoms with van der Waals surface area (Å²) in [6.45, 7) is 3.89. The Bertz CT molecular complexity index is 562. The van der Waals surface area contributed by atoms with Crippen LogP contribution in [0.2, 0.25) is 5.02 Å². The highest BCUT2D eigenvalue weighted by molar-refractivity contribution is 6.31. The highest BCUT2D eigenvalue weighted by Gasteiger charge is 2.47. The minimum Gasteiger partial charge on any atom is -0.352 e. The van der Waals surface area contributed by atoms with Crippen molar-refractivity contribution in [3.8, 4) is 0 Å².